The number of rotatable bonds is 4. The molecule has 15 heavy (non-hydrogen) atoms. The van der Waals surface area contributed by atoms with E-state index >= 15 is 0 Å². The second-order valence-corrected chi connectivity index (χ2v) is 3.02. The van der Waals surface area contributed by atoms with E-state index in [1.165, 1.54) is 6.20 Å². The molecular formula is C10H15N3O2. The molecule has 0 spiro atoms. The third kappa shape index (κ3) is 2.66. The molecule has 0 aliphatic carbocycles. The van der Waals surface area contributed by atoms with Crippen LogP contribution in [0, 0.1) is 0 Å². The molecule has 5 heteroatoms. The number of carbonyl (C=O) groups is 1. The van der Waals surface area contributed by atoms with Gasteiger partial charge in [0.15, 0.2) is 0 Å². The van der Waals surface area contributed by atoms with Gasteiger partial charge in [-0.05, 0) is 26.0 Å². The monoisotopic (exact) mass is 209 g/mol. The van der Waals surface area contributed by atoms with Crippen molar-refractivity contribution in [1.29, 1.82) is 0 Å². The first-order valence-corrected chi connectivity index (χ1v) is 4.88. The molecule has 1 rings (SSSR count). The second-order valence-electron chi connectivity index (χ2n) is 3.02. The van der Waals surface area contributed by atoms with E-state index in [2.05, 4.69) is 9.88 Å². The van der Waals surface area contributed by atoms with Crippen LogP contribution in [0.25, 0.3) is 0 Å². The lowest BCUT2D eigenvalue weighted by Crippen LogP contribution is -2.23. The molecule has 1 aromatic rings. The Balaban J connectivity index is 2.84. The Bertz CT molecular complexity index is 320. The molecule has 0 aliphatic heterocycles. The SMILES string of the molecule is CCN(CC)c1ccc(C(=O)NO)cn1. The van der Waals surface area contributed by atoms with Gasteiger partial charge in [-0.2, -0.15) is 0 Å². The first-order chi connectivity index (χ1) is 7.22. The molecule has 82 valence electrons. The van der Waals surface area contributed by atoms with Crippen molar-refractivity contribution in [1.82, 2.24) is 10.5 Å². The van der Waals surface area contributed by atoms with Gasteiger partial charge in [0.1, 0.15) is 5.82 Å². The fourth-order valence-electron chi connectivity index (χ4n) is 1.32. The van der Waals surface area contributed by atoms with Crippen LogP contribution >= 0.6 is 0 Å². The van der Waals surface area contributed by atoms with E-state index in [9.17, 15) is 4.79 Å². The average Bonchev–Trinajstić information content (AvgIpc) is 2.30. The predicted molar refractivity (Wildman–Crippen MR) is 57.1 cm³/mol. The highest BCUT2D eigenvalue weighted by molar-refractivity contribution is 5.93. The minimum Gasteiger partial charge on any atom is -0.357 e. The second kappa shape index (κ2) is 5.31. The summed E-state index contributed by atoms with van der Waals surface area (Å²) in [4.78, 5) is 17.2. The zero-order valence-corrected chi connectivity index (χ0v) is 8.90. The Morgan fingerprint density at radius 3 is 2.53 bits per heavy atom. The van der Waals surface area contributed by atoms with Gasteiger partial charge in [0.05, 0.1) is 5.56 Å². The highest BCUT2D eigenvalue weighted by atomic mass is 16.5. The van der Waals surface area contributed by atoms with Crippen LogP contribution in [-0.4, -0.2) is 29.2 Å². The third-order valence-corrected chi connectivity index (χ3v) is 2.20. The standard InChI is InChI=1S/C10H15N3O2/c1-3-13(4-2)9-6-5-8(7-11-9)10(14)12-15/h5-7,15H,3-4H2,1-2H3,(H,12,14). The summed E-state index contributed by atoms with van der Waals surface area (Å²) in [5, 5.41) is 8.42. The van der Waals surface area contributed by atoms with E-state index in [0.29, 0.717) is 5.56 Å². The number of anilines is 1. The molecule has 0 fully saturated rings. The molecule has 1 heterocycles. The third-order valence-electron chi connectivity index (χ3n) is 2.20. The van der Waals surface area contributed by atoms with Crippen molar-refractivity contribution in [3.63, 3.8) is 0 Å². The molecule has 1 aromatic heterocycles. The molecule has 0 atom stereocenters. The number of aromatic nitrogens is 1. The highest BCUT2D eigenvalue weighted by Crippen LogP contribution is 2.10. The quantitative estimate of drug-likeness (QED) is 0.574. The molecule has 1 amide bonds. The van der Waals surface area contributed by atoms with Crippen molar-refractivity contribution in [3.05, 3.63) is 23.9 Å². The maximum atomic E-state index is 11.0. The molecule has 0 radical (unpaired) electrons. The number of carbonyl (C=O) groups excluding carboxylic acids is 1. The predicted octanol–water partition coefficient (Wildman–Crippen LogP) is 1.05. The lowest BCUT2D eigenvalue weighted by Gasteiger charge is -2.19. The minimum absolute atomic E-state index is 0.341. The Labute approximate surface area is 88.7 Å². The number of hydrogen-bond acceptors (Lipinski definition) is 4. The first-order valence-electron chi connectivity index (χ1n) is 4.88. The van der Waals surface area contributed by atoms with Crippen LogP contribution < -0.4 is 10.4 Å². The number of hydrogen-bond donors (Lipinski definition) is 2. The Morgan fingerprint density at radius 1 is 1.47 bits per heavy atom. The van der Waals surface area contributed by atoms with Crippen LogP contribution in [0.1, 0.15) is 24.2 Å². The molecule has 2 N–H and O–H groups in total. The summed E-state index contributed by atoms with van der Waals surface area (Å²) in [5.41, 5.74) is 1.91. The molecular weight excluding hydrogens is 194 g/mol. The maximum absolute atomic E-state index is 11.0. The Morgan fingerprint density at radius 2 is 2.13 bits per heavy atom. The number of pyridine rings is 1. The van der Waals surface area contributed by atoms with Crippen LogP contribution in [0.5, 0.6) is 0 Å². The fourth-order valence-corrected chi connectivity index (χ4v) is 1.32. The van der Waals surface area contributed by atoms with Crippen LogP contribution in [0.4, 0.5) is 5.82 Å². The van der Waals surface area contributed by atoms with Gasteiger partial charge in [0.2, 0.25) is 0 Å². The lowest BCUT2D eigenvalue weighted by atomic mass is 10.2. The maximum Gasteiger partial charge on any atom is 0.276 e. The lowest BCUT2D eigenvalue weighted by molar-refractivity contribution is 0.0706. The smallest absolute Gasteiger partial charge is 0.276 e. The van der Waals surface area contributed by atoms with Gasteiger partial charge in [0.25, 0.3) is 5.91 Å². The zero-order valence-electron chi connectivity index (χ0n) is 8.90. The van der Waals surface area contributed by atoms with Crippen LogP contribution in [0.3, 0.4) is 0 Å². The van der Waals surface area contributed by atoms with E-state index in [1.54, 1.807) is 17.6 Å². The molecule has 0 saturated carbocycles. The number of nitrogens with one attached hydrogen (secondary N) is 1. The van der Waals surface area contributed by atoms with E-state index in [-0.39, 0.29) is 0 Å². The van der Waals surface area contributed by atoms with Crippen LogP contribution in [0.15, 0.2) is 18.3 Å². The van der Waals surface area contributed by atoms with Crippen LogP contribution in [0.2, 0.25) is 0 Å². The zero-order chi connectivity index (χ0) is 11.3. The minimum atomic E-state index is -0.548. The van der Waals surface area contributed by atoms with E-state index in [0.717, 1.165) is 18.9 Å². The highest BCUT2D eigenvalue weighted by Gasteiger charge is 2.06. The average molecular weight is 209 g/mol. The van der Waals surface area contributed by atoms with Gasteiger partial charge in [-0.25, -0.2) is 10.5 Å². The molecule has 0 saturated heterocycles. The Hall–Kier alpha value is -1.62. The van der Waals surface area contributed by atoms with Crippen molar-refractivity contribution in [3.8, 4) is 0 Å². The van der Waals surface area contributed by atoms with Gasteiger partial charge < -0.3 is 4.90 Å². The molecule has 0 unspecified atom stereocenters. The van der Waals surface area contributed by atoms with Gasteiger partial charge >= 0.3 is 0 Å². The Kier molecular flexibility index (Phi) is 4.05. The molecule has 0 aromatic carbocycles. The van der Waals surface area contributed by atoms with Gasteiger partial charge in [-0.1, -0.05) is 0 Å². The summed E-state index contributed by atoms with van der Waals surface area (Å²) < 4.78 is 0. The summed E-state index contributed by atoms with van der Waals surface area (Å²) in [7, 11) is 0. The summed E-state index contributed by atoms with van der Waals surface area (Å²) in [6.45, 7) is 5.82. The van der Waals surface area contributed by atoms with Gasteiger partial charge in [0, 0.05) is 19.3 Å². The van der Waals surface area contributed by atoms with E-state index < -0.39 is 5.91 Å². The van der Waals surface area contributed by atoms with E-state index in [1.807, 2.05) is 13.8 Å². The summed E-state index contributed by atoms with van der Waals surface area (Å²) in [6.07, 6.45) is 1.44. The molecule has 0 bridgehead atoms. The summed E-state index contributed by atoms with van der Waals surface area (Å²) in [6, 6.07) is 3.39. The first kappa shape index (κ1) is 11.5. The van der Waals surface area contributed by atoms with Crippen LogP contribution in [-0.2, 0) is 0 Å². The normalized spacial score (nSPS) is 9.80. The number of hydroxylamine groups is 1. The molecule has 5 nitrogen and oxygen atoms in total. The van der Waals surface area contributed by atoms with Crippen molar-refractivity contribution < 1.29 is 10.0 Å². The van der Waals surface area contributed by atoms with Crippen molar-refractivity contribution in [2.45, 2.75) is 13.8 Å². The number of amides is 1. The summed E-state index contributed by atoms with van der Waals surface area (Å²) in [5.74, 6) is 0.281. The van der Waals surface area contributed by atoms with Gasteiger partial charge in [-0.3, -0.25) is 10.0 Å². The largest absolute Gasteiger partial charge is 0.357 e. The van der Waals surface area contributed by atoms with E-state index in [4.69, 9.17) is 5.21 Å². The number of nitrogens with zero attached hydrogens (tertiary/aromatic N) is 2. The summed E-state index contributed by atoms with van der Waals surface area (Å²) >= 11 is 0. The van der Waals surface area contributed by atoms with Crippen molar-refractivity contribution in [2.24, 2.45) is 0 Å². The topological polar surface area (TPSA) is 65.5 Å². The van der Waals surface area contributed by atoms with Gasteiger partial charge in [-0.15, -0.1) is 0 Å². The van der Waals surface area contributed by atoms with Crippen molar-refractivity contribution >= 4 is 11.7 Å². The fraction of sp³-hybridized carbons (Fsp3) is 0.400. The van der Waals surface area contributed by atoms with Crippen molar-refractivity contribution in [2.75, 3.05) is 18.0 Å². The molecule has 0 aliphatic rings.